The Kier molecular flexibility index (Phi) is 6.87. The molecule has 220 valence electrons. The fourth-order valence-electron chi connectivity index (χ4n) is 5.83. The van der Waals surface area contributed by atoms with Crippen molar-refractivity contribution in [1.29, 1.82) is 0 Å². The standard InChI is InChI=1S/C32H31FN6O4/c1-18-11-29(40)38(15-18)16-21-12-26(33)25(32-34-31(37-43-32)22-13-30(41)39(17-22)23-6-7-23)14-28(21)42-24-8-4-20(5-9-24)27-10-3-19(2)35-36-27/h3-5,8-10,12,14,18,22-23H,6-7,11,13,15-17H2,1-2H3. The molecular formula is C32H31FN6O4. The number of aryl methyl sites for hydroxylation is 1. The number of carbonyl (C=O) groups excluding carboxylic acids is 2. The Balaban J connectivity index is 1.18. The summed E-state index contributed by atoms with van der Waals surface area (Å²) in [5.41, 5.74) is 3.06. The number of amides is 2. The van der Waals surface area contributed by atoms with Gasteiger partial charge >= 0.3 is 0 Å². The maximum absolute atomic E-state index is 15.6. The van der Waals surface area contributed by atoms with Crippen molar-refractivity contribution in [3.8, 4) is 34.2 Å². The van der Waals surface area contributed by atoms with Crippen LogP contribution in [0.5, 0.6) is 11.5 Å². The van der Waals surface area contributed by atoms with Crippen molar-refractivity contribution in [3.05, 3.63) is 71.4 Å². The number of hydrogen-bond donors (Lipinski definition) is 0. The number of halogens is 1. The predicted octanol–water partition coefficient (Wildman–Crippen LogP) is 5.28. The van der Waals surface area contributed by atoms with E-state index in [1.54, 1.807) is 23.1 Å². The number of likely N-dealkylation sites (tertiary alicyclic amines) is 2. The summed E-state index contributed by atoms with van der Waals surface area (Å²) in [6.07, 6.45) is 2.84. The molecule has 7 rings (SSSR count). The summed E-state index contributed by atoms with van der Waals surface area (Å²) in [7, 11) is 0. The predicted molar refractivity (Wildman–Crippen MR) is 153 cm³/mol. The Hall–Kier alpha value is -4.67. The highest BCUT2D eigenvalue weighted by Crippen LogP contribution is 2.38. The number of nitrogens with zero attached hydrogens (tertiary/aromatic N) is 6. The fraction of sp³-hybridized carbons (Fsp3) is 0.375. The second-order valence-electron chi connectivity index (χ2n) is 11.8. The first-order chi connectivity index (χ1) is 20.8. The van der Waals surface area contributed by atoms with E-state index < -0.39 is 5.82 Å². The van der Waals surface area contributed by atoms with Gasteiger partial charge in [0.2, 0.25) is 11.8 Å². The van der Waals surface area contributed by atoms with E-state index in [9.17, 15) is 9.59 Å². The summed E-state index contributed by atoms with van der Waals surface area (Å²) in [4.78, 5) is 33.1. The van der Waals surface area contributed by atoms with E-state index >= 15 is 4.39 Å². The maximum Gasteiger partial charge on any atom is 0.261 e. The third kappa shape index (κ3) is 5.59. The number of hydrogen-bond acceptors (Lipinski definition) is 8. The molecule has 10 nitrogen and oxygen atoms in total. The molecule has 3 fully saturated rings. The van der Waals surface area contributed by atoms with E-state index in [2.05, 4.69) is 20.3 Å². The summed E-state index contributed by atoms with van der Waals surface area (Å²) in [5, 5.41) is 12.5. The summed E-state index contributed by atoms with van der Waals surface area (Å²) in [5.74, 6) is 0.909. The lowest BCUT2D eigenvalue weighted by atomic mass is 10.1. The van der Waals surface area contributed by atoms with Gasteiger partial charge in [0, 0.05) is 55.6 Å². The van der Waals surface area contributed by atoms with E-state index in [1.165, 1.54) is 6.07 Å². The Morgan fingerprint density at radius 1 is 1.00 bits per heavy atom. The average Bonchev–Trinajstić information content (AvgIpc) is 3.43. The van der Waals surface area contributed by atoms with Crippen molar-refractivity contribution < 1.29 is 23.2 Å². The highest BCUT2D eigenvalue weighted by Gasteiger charge is 2.41. The van der Waals surface area contributed by atoms with Gasteiger partial charge in [-0.1, -0.05) is 12.1 Å². The Morgan fingerprint density at radius 3 is 2.51 bits per heavy atom. The van der Waals surface area contributed by atoms with Crippen LogP contribution in [0.2, 0.25) is 0 Å². The molecule has 1 aliphatic carbocycles. The first kappa shape index (κ1) is 27.2. The molecule has 4 heterocycles. The van der Waals surface area contributed by atoms with Crippen LogP contribution in [0.1, 0.15) is 55.6 Å². The zero-order chi connectivity index (χ0) is 29.7. The van der Waals surface area contributed by atoms with Crippen LogP contribution in [-0.2, 0) is 16.1 Å². The number of aromatic nitrogens is 4. The van der Waals surface area contributed by atoms with Gasteiger partial charge in [-0.25, -0.2) is 4.39 Å². The normalized spacial score (nSPS) is 20.3. The quantitative estimate of drug-likeness (QED) is 0.276. The summed E-state index contributed by atoms with van der Waals surface area (Å²) in [6, 6.07) is 14.4. The SMILES string of the molecule is Cc1ccc(-c2ccc(Oc3cc(-c4nc(C5CC(=O)N(C6CC6)C5)no4)c(F)cc3CN3CC(C)CC3=O)cc2)nn1. The van der Waals surface area contributed by atoms with Crippen LogP contribution < -0.4 is 4.74 Å². The molecule has 11 heteroatoms. The van der Waals surface area contributed by atoms with E-state index in [0.717, 1.165) is 29.8 Å². The molecule has 2 saturated heterocycles. The van der Waals surface area contributed by atoms with Gasteiger partial charge in [-0.3, -0.25) is 9.59 Å². The lowest BCUT2D eigenvalue weighted by Crippen LogP contribution is -2.27. The maximum atomic E-state index is 15.6. The highest BCUT2D eigenvalue weighted by atomic mass is 19.1. The van der Waals surface area contributed by atoms with Crippen molar-refractivity contribution in [2.24, 2.45) is 5.92 Å². The second kappa shape index (κ2) is 10.9. The second-order valence-corrected chi connectivity index (χ2v) is 11.8. The van der Waals surface area contributed by atoms with E-state index in [0.29, 0.717) is 54.9 Å². The van der Waals surface area contributed by atoms with E-state index in [4.69, 9.17) is 9.26 Å². The lowest BCUT2D eigenvalue weighted by molar-refractivity contribution is -0.129. The molecule has 2 amide bonds. The Morgan fingerprint density at radius 2 is 1.81 bits per heavy atom. The van der Waals surface area contributed by atoms with Crippen molar-refractivity contribution in [2.75, 3.05) is 13.1 Å². The molecule has 43 heavy (non-hydrogen) atoms. The Labute approximate surface area is 247 Å². The zero-order valence-electron chi connectivity index (χ0n) is 24.0. The summed E-state index contributed by atoms with van der Waals surface area (Å²) < 4.78 is 27.4. The van der Waals surface area contributed by atoms with Gasteiger partial charge in [-0.15, -0.1) is 0 Å². The van der Waals surface area contributed by atoms with Crippen molar-refractivity contribution in [2.45, 2.75) is 58.0 Å². The summed E-state index contributed by atoms with van der Waals surface area (Å²) >= 11 is 0. The van der Waals surface area contributed by atoms with Gasteiger partial charge in [-0.2, -0.15) is 15.2 Å². The summed E-state index contributed by atoms with van der Waals surface area (Å²) in [6.45, 7) is 5.26. The van der Waals surface area contributed by atoms with Gasteiger partial charge in [0.25, 0.3) is 5.89 Å². The van der Waals surface area contributed by atoms with Gasteiger partial charge in [0.15, 0.2) is 5.82 Å². The van der Waals surface area contributed by atoms with Crippen LogP contribution in [0, 0.1) is 18.7 Å². The lowest BCUT2D eigenvalue weighted by Gasteiger charge is -2.19. The van der Waals surface area contributed by atoms with Crippen LogP contribution in [0.4, 0.5) is 4.39 Å². The van der Waals surface area contributed by atoms with Gasteiger partial charge in [0.05, 0.1) is 17.0 Å². The molecule has 0 spiro atoms. The third-order valence-corrected chi connectivity index (χ3v) is 8.28. The number of benzene rings is 2. The van der Waals surface area contributed by atoms with Crippen LogP contribution in [0.3, 0.4) is 0 Å². The first-order valence-corrected chi connectivity index (χ1v) is 14.6. The zero-order valence-corrected chi connectivity index (χ0v) is 24.0. The molecular weight excluding hydrogens is 551 g/mol. The number of ether oxygens (including phenoxy) is 1. The minimum atomic E-state index is -0.562. The van der Waals surface area contributed by atoms with Gasteiger partial charge in [-0.05, 0) is 74.2 Å². The topological polar surface area (TPSA) is 115 Å². The average molecular weight is 583 g/mol. The Bertz CT molecular complexity index is 1690. The molecule has 2 aromatic heterocycles. The molecule has 3 aliphatic rings. The van der Waals surface area contributed by atoms with E-state index in [1.807, 2.05) is 43.0 Å². The molecule has 4 aromatic rings. The first-order valence-electron chi connectivity index (χ1n) is 14.6. The van der Waals surface area contributed by atoms with Gasteiger partial charge in [0.1, 0.15) is 17.3 Å². The molecule has 0 N–H and O–H groups in total. The van der Waals surface area contributed by atoms with Crippen molar-refractivity contribution in [1.82, 2.24) is 30.1 Å². The van der Waals surface area contributed by atoms with Crippen molar-refractivity contribution >= 4 is 11.8 Å². The third-order valence-electron chi connectivity index (χ3n) is 8.28. The van der Waals surface area contributed by atoms with Crippen LogP contribution in [0.25, 0.3) is 22.7 Å². The van der Waals surface area contributed by atoms with Crippen LogP contribution in [0.15, 0.2) is 53.1 Å². The fourth-order valence-corrected chi connectivity index (χ4v) is 5.83. The molecule has 2 aliphatic heterocycles. The van der Waals surface area contributed by atoms with Gasteiger partial charge < -0.3 is 19.1 Å². The monoisotopic (exact) mass is 582 g/mol. The number of carbonyl (C=O) groups is 2. The van der Waals surface area contributed by atoms with Crippen molar-refractivity contribution in [3.63, 3.8) is 0 Å². The molecule has 1 saturated carbocycles. The van der Waals surface area contributed by atoms with Crippen LogP contribution in [-0.4, -0.2) is 61.1 Å². The minimum Gasteiger partial charge on any atom is -0.457 e. The minimum absolute atomic E-state index is 0.0142. The molecule has 0 bridgehead atoms. The largest absolute Gasteiger partial charge is 0.457 e. The van der Waals surface area contributed by atoms with E-state index in [-0.39, 0.29) is 41.6 Å². The molecule has 2 atom stereocenters. The smallest absolute Gasteiger partial charge is 0.261 e. The molecule has 2 unspecified atom stereocenters. The number of rotatable bonds is 8. The highest BCUT2D eigenvalue weighted by molar-refractivity contribution is 5.80. The molecule has 0 radical (unpaired) electrons. The molecule has 2 aromatic carbocycles. The van der Waals surface area contributed by atoms with Crippen LogP contribution >= 0.6 is 0 Å².